The van der Waals surface area contributed by atoms with E-state index in [2.05, 4.69) is 148 Å². The highest BCUT2D eigenvalue weighted by Gasteiger charge is 2.37. The maximum atomic E-state index is 2.43. The van der Waals surface area contributed by atoms with Crippen LogP contribution in [0, 0.1) is 0 Å². The lowest BCUT2D eigenvalue weighted by molar-refractivity contribution is 0.607. The Morgan fingerprint density at radius 3 is 1.82 bits per heavy atom. The third kappa shape index (κ3) is 3.40. The Hall–Kier alpha value is -3.75. The van der Waals surface area contributed by atoms with Crippen LogP contribution in [-0.2, 0) is 10.8 Å². The maximum absolute atomic E-state index is 2.43. The van der Waals surface area contributed by atoms with E-state index in [1.54, 1.807) is 0 Å². The summed E-state index contributed by atoms with van der Waals surface area (Å²) in [6.07, 6.45) is 0. The lowest BCUT2D eigenvalue weighted by Gasteiger charge is -2.42. The van der Waals surface area contributed by atoms with Gasteiger partial charge in [0.2, 0.25) is 0 Å². The number of hydrogen-bond donors (Lipinski definition) is 0. The smallest absolute Gasteiger partial charge is 0.0503 e. The molecule has 5 aromatic carbocycles. The molecule has 0 saturated carbocycles. The minimum absolute atomic E-state index is 0.0380. The third-order valence-electron chi connectivity index (χ3n) is 8.51. The van der Waals surface area contributed by atoms with Crippen LogP contribution in [0.5, 0.6) is 0 Å². The molecule has 7 rings (SSSR count). The van der Waals surface area contributed by atoms with Gasteiger partial charge in [0.15, 0.2) is 0 Å². The fourth-order valence-corrected chi connectivity index (χ4v) is 7.74. The lowest BCUT2D eigenvalue weighted by atomic mass is 9.72. The van der Waals surface area contributed by atoms with Gasteiger partial charge in [-0.05, 0) is 81.9 Å². The van der Waals surface area contributed by atoms with E-state index in [-0.39, 0.29) is 10.8 Å². The topological polar surface area (TPSA) is 3.24 Å². The first kappa shape index (κ1) is 23.4. The molecule has 2 aliphatic heterocycles. The lowest BCUT2D eigenvalue weighted by Crippen LogP contribution is -2.30. The molecular formula is C36H31NS. The van der Waals surface area contributed by atoms with E-state index in [1.807, 2.05) is 11.8 Å². The summed E-state index contributed by atoms with van der Waals surface area (Å²) in [7, 11) is 0. The molecule has 0 radical (unpaired) electrons. The quantitative estimate of drug-likeness (QED) is 0.233. The van der Waals surface area contributed by atoms with Gasteiger partial charge >= 0.3 is 0 Å². The number of nitrogens with zero attached hydrogens (tertiary/aromatic N) is 1. The third-order valence-corrected chi connectivity index (χ3v) is 9.66. The monoisotopic (exact) mass is 509 g/mol. The van der Waals surface area contributed by atoms with Gasteiger partial charge in [-0.15, -0.1) is 0 Å². The molecule has 5 aromatic rings. The van der Waals surface area contributed by atoms with Crippen molar-refractivity contribution in [2.75, 3.05) is 4.90 Å². The van der Waals surface area contributed by atoms with Crippen molar-refractivity contribution in [3.8, 4) is 11.1 Å². The molecule has 0 fully saturated rings. The molecule has 38 heavy (non-hydrogen) atoms. The van der Waals surface area contributed by atoms with Gasteiger partial charge in [-0.3, -0.25) is 0 Å². The van der Waals surface area contributed by atoms with Gasteiger partial charge < -0.3 is 4.90 Å². The van der Waals surface area contributed by atoms with E-state index in [4.69, 9.17) is 0 Å². The molecule has 0 atom stereocenters. The number of para-hydroxylation sites is 2. The second-order valence-corrected chi connectivity index (χ2v) is 12.6. The van der Waals surface area contributed by atoms with Gasteiger partial charge in [0.1, 0.15) is 0 Å². The van der Waals surface area contributed by atoms with Crippen molar-refractivity contribution in [2.24, 2.45) is 0 Å². The molecular weight excluding hydrogens is 478 g/mol. The largest absolute Gasteiger partial charge is 0.310 e. The van der Waals surface area contributed by atoms with Crippen molar-refractivity contribution in [3.63, 3.8) is 0 Å². The van der Waals surface area contributed by atoms with Crippen molar-refractivity contribution in [1.82, 2.24) is 0 Å². The summed E-state index contributed by atoms with van der Waals surface area (Å²) in [5.41, 5.74) is 11.6. The summed E-state index contributed by atoms with van der Waals surface area (Å²) in [5.74, 6) is 0. The first-order valence-corrected chi connectivity index (χ1v) is 14.2. The summed E-state index contributed by atoms with van der Waals surface area (Å²) >= 11 is 1.89. The zero-order chi connectivity index (χ0) is 26.1. The molecule has 0 saturated heterocycles. The fraction of sp³-hybridized carbons (Fsp3) is 0.167. The molecule has 0 aromatic heterocycles. The second-order valence-electron chi connectivity index (χ2n) is 11.5. The van der Waals surface area contributed by atoms with Crippen LogP contribution in [-0.4, -0.2) is 0 Å². The Kier molecular flexibility index (Phi) is 5.15. The number of anilines is 3. The summed E-state index contributed by atoms with van der Waals surface area (Å²) < 4.78 is 0. The highest BCUT2D eigenvalue weighted by Crippen LogP contribution is 2.53. The predicted octanol–water partition coefficient (Wildman–Crippen LogP) is 10.3. The molecule has 0 N–H and O–H groups in total. The average molecular weight is 510 g/mol. The zero-order valence-corrected chi connectivity index (χ0v) is 23.1. The standard InChI is InChI=1S/C36H31NS/c1-35(2)27-14-8-10-16-31(27)37(26-12-6-5-7-13-26)32-20-18-24(22-29(32)35)25-19-21-34-30(23-25)36(3,4)28-15-9-11-17-33(28)38-34/h5-23H,1-4H3. The molecule has 2 heteroatoms. The van der Waals surface area contributed by atoms with Crippen molar-refractivity contribution >= 4 is 28.8 Å². The Morgan fingerprint density at radius 1 is 0.474 bits per heavy atom. The zero-order valence-electron chi connectivity index (χ0n) is 22.3. The van der Waals surface area contributed by atoms with E-state index in [0.717, 1.165) is 0 Å². The molecule has 0 aliphatic carbocycles. The van der Waals surface area contributed by atoms with E-state index in [0.29, 0.717) is 0 Å². The summed E-state index contributed by atoms with van der Waals surface area (Å²) in [6.45, 7) is 9.44. The summed E-state index contributed by atoms with van der Waals surface area (Å²) in [6, 6.07) is 42.5. The van der Waals surface area contributed by atoms with Gasteiger partial charge in [-0.2, -0.15) is 0 Å². The van der Waals surface area contributed by atoms with Crippen LogP contribution in [0.1, 0.15) is 49.9 Å². The summed E-state index contributed by atoms with van der Waals surface area (Å²) in [4.78, 5) is 5.15. The normalized spacial score (nSPS) is 16.2. The molecule has 2 heterocycles. The highest BCUT2D eigenvalue weighted by atomic mass is 32.2. The molecule has 2 aliphatic rings. The number of hydrogen-bond acceptors (Lipinski definition) is 2. The SMILES string of the molecule is CC1(C)c2ccccc2Sc2ccc(-c3ccc4c(c3)C(C)(C)c3ccccc3N4c3ccccc3)cc21. The van der Waals surface area contributed by atoms with Crippen LogP contribution in [0.3, 0.4) is 0 Å². The van der Waals surface area contributed by atoms with Crippen LogP contribution < -0.4 is 4.90 Å². The van der Waals surface area contributed by atoms with E-state index < -0.39 is 0 Å². The van der Waals surface area contributed by atoms with Crippen LogP contribution in [0.2, 0.25) is 0 Å². The Bertz CT molecular complexity index is 1700. The van der Waals surface area contributed by atoms with Gasteiger partial charge in [0, 0.05) is 26.3 Å². The minimum Gasteiger partial charge on any atom is -0.310 e. The Balaban J connectivity index is 1.38. The highest BCUT2D eigenvalue weighted by molar-refractivity contribution is 7.99. The molecule has 0 unspecified atom stereocenters. The molecule has 186 valence electrons. The van der Waals surface area contributed by atoms with Crippen LogP contribution in [0.4, 0.5) is 17.1 Å². The second kappa shape index (κ2) is 8.38. The number of rotatable bonds is 2. The van der Waals surface area contributed by atoms with Crippen LogP contribution in [0.25, 0.3) is 11.1 Å². The van der Waals surface area contributed by atoms with Gasteiger partial charge in [0.25, 0.3) is 0 Å². The van der Waals surface area contributed by atoms with Gasteiger partial charge in [0.05, 0.1) is 11.4 Å². The molecule has 0 amide bonds. The number of fused-ring (bicyclic) bond motifs is 4. The van der Waals surface area contributed by atoms with Crippen LogP contribution >= 0.6 is 11.8 Å². The van der Waals surface area contributed by atoms with Gasteiger partial charge in [-0.1, -0.05) is 106 Å². The van der Waals surface area contributed by atoms with E-state index in [1.165, 1.54) is 60.2 Å². The predicted molar refractivity (Wildman–Crippen MR) is 161 cm³/mol. The molecule has 1 nitrogen and oxygen atoms in total. The maximum Gasteiger partial charge on any atom is 0.0503 e. The van der Waals surface area contributed by atoms with Crippen LogP contribution in [0.15, 0.2) is 125 Å². The van der Waals surface area contributed by atoms with E-state index in [9.17, 15) is 0 Å². The first-order chi connectivity index (χ1) is 18.4. The molecule has 0 bridgehead atoms. The van der Waals surface area contributed by atoms with E-state index >= 15 is 0 Å². The van der Waals surface area contributed by atoms with Crippen molar-refractivity contribution < 1.29 is 0 Å². The van der Waals surface area contributed by atoms with Gasteiger partial charge in [-0.25, -0.2) is 0 Å². The van der Waals surface area contributed by atoms with Crippen molar-refractivity contribution in [1.29, 1.82) is 0 Å². The Labute approximate surface area is 230 Å². The fourth-order valence-electron chi connectivity index (χ4n) is 6.36. The van der Waals surface area contributed by atoms with Crippen molar-refractivity contribution in [3.05, 3.63) is 138 Å². The molecule has 0 spiro atoms. The summed E-state index contributed by atoms with van der Waals surface area (Å²) in [5, 5.41) is 0. The number of benzene rings is 5. The van der Waals surface area contributed by atoms with Crippen molar-refractivity contribution in [2.45, 2.75) is 48.3 Å². The first-order valence-electron chi connectivity index (χ1n) is 13.4. The minimum atomic E-state index is -0.116. The Morgan fingerprint density at radius 2 is 1.03 bits per heavy atom. The average Bonchev–Trinajstić information content (AvgIpc) is 2.94.